The number of ketones is 2. The van der Waals surface area contributed by atoms with Crippen molar-refractivity contribution in [2.75, 3.05) is 6.61 Å². The van der Waals surface area contributed by atoms with Gasteiger partial charge in [-0.25, -0.2) is 9.59 Å². The van der Waals surface area contributed by atoms with Gasteiger partial charge in [-0.15, -0.1) is 0 Å². The SMILES string of the molecule is O=C=Nc1ccc(C(=O)C(O)(CCCO)C(=O)c2ccc(N=C=O)cc2)cc1. The Bertz CT molecular complexity index is 880. The molecular formula is C20H16N2O6. The average molecular weight is 380 g/mol. The number of benzene rings is 2. The lowest BCUT2D eigenvalue weighted by Crippen LogP contribution is -2.47. The van der Waals surface area contributed by atoms with Gasteiger partial charge < -0.3 is 10.2 Å². The number of isocyanates is 2. The van der Waals surface area contributed by atoms with E-state index in [2.05, 4.69) is 9.98 Å². The summed E-state index contributed by atoms with van der Waals surface area (Å²) in [6.45, 7) is -0.317. The summed E-state index contributed by atoms with van der Waals surface area (Å²) in [5.74, 6) is -1.69. The summed E-state index contributed by atoms with van der Waals surface area (Å²) < 4.78 is 0. The van der Waals surface area contributed by atoms with Gasteiger partial charge in [0.25, 0.3) is 0 Å². The Morgan fingerprint density at radius 3 is 1.54 bits per heavy atom. The number of Topliss-reactive ketones (excluding diaryl/α,β-unsaturated/α-hetero) is 2. The van der Waals surface area contributed by atoms with E-state index in [1.54, 1.807) is 0 Å². The van der Waals surface area contributed by atoms with Crippen molar-refractivity contribution in [1.29, 1.82) is 0 Å². The van der Waals surface area contributed by atoms with Crippen molar-refractivity contribution in [2.24, 2.45) is 9.98 Å². The van der Waals surface area contributed by atoms with Gasteiger partial charge in [-0.1, -0.05) is 0 Å². The summed E-state index contributed by atoms with van der Waals surface area (Å²) in [4.78, 5) is 53.2. The van der Waals surface area contributed by atoms with Crippen LogP contribution in [0.4, 0.5) is 11.4 Å². The van der Waals surface area contributed by atoms with Crippen molar-refractivity contribution in [1.82, 2.24) is 0 Å². The molecule has 2 rings (SSSR count). The van der Waals surface area contributed by atoms with Gasteiger partial charge >= 0.3 is 0 Å². The van der Waals surface area contributed by atoms with Crippen molar-refractivity contribution < 1.29 is 29.4 Å². The van der Waals surface area contributed by atoms with Crippen LogP contribution in [0.1, 0.15) is 33.6 Å². The number of aliphatic hydroxyl groups is 2. The lowest BCUT2D eigenvalue weighted by atomic mass is 9.82. The predicted molar refractivity (Wildman–Crippen MR) is 98.4 cm³/mol. The highest BCUT2D eigenvalue weighted by Crippen LogP contribution is 2.26. The van der Waals surface area contributed by atoms with E-state index in [4.69, 9.17) is 5.11 Å². The zero-order chi connectivity index (χ0) is 20.6. The highest BCUT2D eigenvalue weighted by atomic mass is 16.3. The molecule has 0 heterocycles. The van der Waals surface area contributed by atoms with E-state index >= 15 is 0 Å². The second-order valence-electron chi connectivity index (χ2n) is 5.85. The van der Waals surface area contributed by atoms with Crippen LogP contribution in [0.25, 0.3) is 0 Å². The lowest BCUT2D eigenvalue weighted by Gasteiger charge is -2.25. The molecule has 8 nitrogen and oxygen atoms in total. The number of carbonyl (C=O) groups is 2. The molecule has 2 N–H and O–H groups in total. The maximum Gasteiger partial charge on any atom is 0.240 e. The molecule has 0 aliphatic rings. The van der Waals surface area contributed by atoms with Crippen molar-refractivity contribution in [2.45, 2.75) is 18.4 Å². The van der Waals surface area contributed by atoms with Crippen LogP contribution in [0.5, 0.6) is 0 Å². The van der Waals surface area contributed by atoms with E-state index in [1.165, 1.54) is 60.7 Å². The van der Waals surface area contributed by atoms with Crippen LogP contribution in [-0.4, -0.2) is 46.1 Å². The van der Waals surface area contributed by atoms with Crippen LogP contribution in [0.15, 0.2) is 58.5 Å². The van der Waals surface area contributed by atoms with Crippen LogP contribution in [0, 0.1) is 0 Å². The zero-order valence-electron chi connectivity index (χ0n) is 14.7. The molecular weight excluding hydrogens is 364 g/mol. The second-order valence-corrected chi connectivity index (χ2v) is 5.85. The number of hydrogen-bond acceptors (Lipinski definition) is 8. The molecule has 0 bridgehead atoms. The topological polar surface area (TPSA) is 133 Å². The monoisotopic (exact) mass is 380 g/mol. The summed E-state index contributed by atoms with van der Waals surface area (Å²) in [7, 11) is 0. The molecule has 28 heavy (non-hydrogen) atoms. The third kappa shape index (κ3) is 4.59. The van der Waals surface area contributed by atoms with Crippen molar-refractivity contribution in [3.8, 4) is 0 Å². The van der Waals surface area contributed by atoms with Gasteiger partial charge in [0.05, 0.1) is 11.4 Å². The standard InChI is InChI=1S/C20H16N2O6/c23-11-1-10-20(28,18(26)14-2-6-16(7-3-14)21-12-24)19(27)15-4-8-17(9-5-15)22-13-25/h2-9,23,28H,1,10-11H2. The van der Waals surface area contributed by atoms with E-state index in [-0.39, 0.29) is 42.0 Å². The van der Waals surface area contributed by atoms with Crippen LogP contribution >= 0.6 is 0 Å². The fourth-order valence-electron chi connectivity index (χ4n) is 2.62. The van der Waals surface area contributed by atoms with E-state index in [0.717, 1.165) is 0 Å². The maximum absolute atomic E-state index is 12.9. The van der Waals surface area contributed by atoms with E-state index in [0.29, 0.717) is 0 Å². The Labute approximate surface area is 159 Å². The van der Waals surface area contributed by atoms with Crippen LogP contribution in [0.3, 0.4) is 0 Å². The maximum atomic E-state index is 12.9. The molecule has 0 saturated carbocycles. The molecule has 0 radical (unpaired) electrons. The number of rotatable bonds is 9. The Hall–Kier alpha value is -3.54. The molecule has 0 aliphatic carbocycles. The summed E-state index contributed by atoms with van der Waals surface area (Å²) in [6, 6.07) is 10.8. The van der Waals surface area contributed by atoms with Crippen LogP contribution < -0.4 is 0 Å². The van der Waals surface area contributed by atoms with Crippen molar-refractivity contribution >= 4 is 35.1 Å². The minimum Gasteiger partial charge on any atom is -0.396 e. The normalized spacial score (nSPS) is 12.2. The first kappa shape index (κ1) is 20.8. The highest BCUT2D eigenvalue weighted by molar-refractivity contribution is 6.22. The van der Waals surface area contributed by atoms with Crippen molar-refractivity contribution in [3.63, 3.8) is 0 Å². The van der Waals surface area contributed by atoms with Gasteiger partial charge in [0, 0.05) is 17.7 Å². The highest BCUT2D eigenvalue weighted by Gasteiger charge is 2.43. The smallest absolute Gasteiger partial charge is 0.240 e. The number of hydrogen-bond donors (Lipinski definition) is 2. The lowest BCUT2D eigenvalue weighted by molar-refractivity contribution is 0.0240. The predicted octanol–water partition coefficient (Wildman–Crippen LogP) is 2.19. The Balaban J connectivity index is 2.40. The zero-order valence-corrected chi connectivity index (χ0v) is 14.7. The van der Waals surface area contributed by atoms with Gasteiger partial charge in [-0.3, -0.25) is 9.59 Å². The Kier molecular flexibility index (Phi) is 6.98. The Morgan fingerprint density at radius 1 is 0.821 bits per heavy atom. The van der Waals surface area contributed by atoms with Gasteiger partial charge in [-0.05, 0) is 61.4 Å². The molecule has 2 aromatic rings. The second kappa shape index (κ2) is 9.41. The molecule has 0 atom stereocenters. The summed E-state index contributed by atoms with van der Waals surface area (Å²) in [5, 5.41) is 20.0. The van der Waals surface area contributed by atoms with E-state index < -0.39 is 17.2 Å². The van der Waals surface area contributed by atoms with E-state index in [1.807, 2.05) is 0 Å². The number of nitrogens with zero attached hydrogens (tertiary/aromatic N) is 2. The summed E-state index contributed by atoms with van der Waals surface area (Å²) >= 11 is 0. The number of carbonyl (C=O) groups excluding carboxylic acids is 4. The fourth-order valence-corrected chi connectivity index (χ4v) is 2.62. The molecule has 0 fully saturated rings. The first-order chi connectivity index (χ1) is 13.5. The first-order valence-corrected chi connectivity index (χ1v) is 8.25. The van der Waals surface area contributed by atoms with Gasteiger partial charge in [0.1, 0.15) is 0 Å². The minimum absolute atomic E-state index is 0.0228. The van der Waals surface area contributed by atoms with Crippen molar-refractivity contribution in [3.05, 3.63) is 59.7 Å². The first-order valence-electron chi connectivity index (χ1n) is 8.25. The largest absolute Gasteiger partial charge is 0.396 e. The van der Waals surface area contributed by atoms with Gasteiger partial charge in [0.15, 0.2) is 5.60 Å². The third-order valence-electron chi connectivity index (χ3n) is 4.06. The van der Waals surface area contributed by atoms with Gasteiger partial charge in [0.2, 0.25) is 23.7 Å². The number of aliphatic imine (C=N–C) groups is 2. The third-order valence-corrected chi connectivity index (χ3v) is 4.06. The summed E-state index contributed by atoms with van der Waals surface area (Å²) in [5.41, 5.74) is -1.78. The van der Waals surface area contributed by atoms with Crippen LogP contribution in [-0.2, 0) is 9.59 Å². The molecule has 0 spiro atoms. The summed E-state index contributed by atoms with van der Waals surface area (Å²) in [6.07, 6.45) is 2.48. The molecule has 0 saturated heterocycles. The molecule has 2 aromatic carbocycles. The van der Waals surface area contributed by atoms with Crippen LogP contribution in [0.2, 0.25) is 0 Å². The average Bonchev–Trinajstić information content (AvgIpc) is 2.72. The molecule has 0 aromatic heterocycles. The molecule has 0 unspecified atom stereocenters. The quantitative estimate of drug-likeness (QED) is 0.296. The fraction of sp³-hybridized carbons (Fsp3) is 0.200. The molecule has 8 heteroatoms. The molecule has 0 aliphatic heterocycles. The van der Waals surface area contributed by atoms with Gasteiger partial charge in [-0.2, -0.15) is 9.98 Å². The Morgan fingerprint density at radius 2 is 1.21 bits per heavy atom. The number of aliphatic hydroxyl groups excluding tert-OH is 1. The van der Waals surface area contributed by atoms with E-state index in [9.17, 15) is 24.3 Å². The molecule has 0 amide bonds. The minimum atomic E-state index is -2.40. The molecule has 142 valence electrons.